The van der Waals surface area contributed by atoms with Gasteiger partial charge in [-0.3, -0.25) is 19.5 Å². The number of likely N-dealkylation sites (tertiary alicyclic amines) is 4. The molecule has 0 bridgehead atoms. The third-order valence-electron chi connectivity index (χ3n) is 22.7. The van der Waals surface area contributed by atoms with Gasteiger partial charge < -0.3 is 96.5 Å². The van der Waals surface area contributed by atoms with Gasteiger partial charge in [-0.25, -0.2) is 14.4 Å². The topological polar surface area (TPSA) is 197 Å². The van der Waals surface area contributed by atoms with Crippen LogP contribution in [0.1, 0.15) is 267 Å². The standard InChI is InChI=1S/C13H28N2O.2C12H24N2O2.C11H21NO.2C11H23NO.C10H22N2O2.C10H22N2O.C8H17NO2/c1-12(2)15-9-7-14(8-10-15)6-5-11-16-13(3)4;1-11(2)16-12(15)5-4-6-14-9-7-13(3)8-10-14;1-11(2)16-12(15)13(3)9-10-14-7-5-4-6-8-14;1-10(2)13-7-6-12-8-11(9-12)4-3-5-11;2*1-11(2)13-10-6-9-12-7-4-3-5-8-12;1-9(2)14-10(13)12(5)8-6-7-11(3)4;1-10(2)13-9-8-12-6-4-11(3)5-7-12;1-5-6-9(4)8(10)11-7(2)3/h12-13H,5-11H2,1-4H3;2*11H,4-10H2,1-3H3;10H,3-9H2,1-2H3;2*11H,3-10H2,1-2H3;9H,6-8H2,1-5H3;10H,4-9H2,1-3H3;7H,5-6H2,1-4H3. The molecule has 27 nitrogen and oxygen atoms in total. The predicted molar refractivity (Wildman–Crippen MR) is 521 cm³/mol. The van der Waals surface area contributed by atoms with Crippen molar-refractivity contribution in [3.05, 3.63) is 0 Å². The Kier molecular flexibility index (Phi) is 74.1. The lowest BCUT2D eigenvalue weighted by Gasteiger charge is -2.56. The first-order valence-corrected chi connectivity index (χ1v) is 50.1. The van der Waals surface area contributed by atoms with Gasteiger partial charge in [-0.05, 0) is 314 Å². The van der Waals surface area contributed by atoms with Gasteiger partial charge in [0.05, 0.1) is 68.1 Å². The normalized spacial score (nSPS) is 18.3. The summed E-state index contributed by atoms with van der Waals surface area (Å²) in [4.78, 5) is 76.9. The van der Waals surface area contributed by atoms with Crippen molar-refractivity contribution in [1.82, 2.24) is 68.6 Å². The Hall–Kier alpha value is -3.36. The average molecular weight is 1790 g/mol. The van der Waals surface area contributed by atoms with Gasteiger partial charge in [-0.15, -0.1) is 0 Å². The van der Waals surface area contributed by atoms with Gasteiger partial charge in [0.15, 0.2) is 0 Å². The molecule has 0 N–H and O–H groups in total. The van der Waals surface area contributed by atoms with Gasteiger partial charge in [0.25, 0.3) is 0 Å². The number of carbonyl (C=O) groups is 4. The molecule has 1 spiro atoms. The second-order valence-electron chi connectivity index (χ2n) is 39.1. The minimum atomic E-state index is -0.237. The van der Waals surface area contributed by atoms with Crippen molar-refractivity contribution < 1.29 is 61.8 Å². The lowest BCUT2D eigenvalue weighted by atomic mass is 9.63. The molecule has 7 saturated heterocycles. The first kappa shape index (κ1) is 122. The van der Waals surface area contributed by atoms with E-state index in [-0.39, 0.29) is 48.7 Å². The average Bonchev–Trinajstić information content (AvgIpc) is 0.764. The van der Waals surface area contributed by atoms with Crippen LogP contribution < -0.4 is 0 Å². The molecule has 0 unspecified atom stereocenters. The molecule has 8 aliphatic rings. The lowest BCUT2D eigenvalue weighted by molar-refractivity contribution is -0.147. The number of carbonyl (C=O) groups excluding carboxylic acids is 4. The maximum absolute atomic E-state index is 11.5. The van der Waals surface area contributed by atoms with E-state index in [0.29, 0.717) is 43.0 Å². The van der Waals surface area contributed by atoms with Gasteiger partial charge >= 0.3 is 24.2 Å². The maximum Gasteiger partial charge on any atom is 0.409 e. The molecule has 125 heavy (non-hydrogen) atoms. The zero-order chi connectivity index (χ0) is 93.9. The van der Waals surface area contributed by atoms with E-state index in [2.05, 4.69) is 151 Å². The number of hydrogen-bond acceptors (Lipinski definition) is 24. The van der Waals surface area contributed by atoms with Crippen molar-refractivity contribution in [1.29, 1.82) is 0 Å². The number of hydrogen-bond donors (Lipinski definition) is 0. The SMILES string of the molecule is CC(C)OC(=O)CCCN1CCN(C)CC1.CC(C)OC(=O)N(C)CCCN(C)C.CC(C)OC(=O)N(C)CCN1CCCCC1.CC(C)OCCCN1CCCCC1.CC(C)OCCCN1CCCCC1.CC(C)OCCCN1CCN(C(C)C)CC1.CC(C)OCCN1CC2(CCC2)C1.CC(C)OCCN1CCN(C)CC1.CCCN(C)C(=O)OC(C)C. The summed E-state index contributed by atoms with van der Waals surface area (Å²) in [7, 11) is 13.7. The molecule has 0 aromatic heterocycles. The molecule has 8 fully saturated rings. The van der Waals surface area contributed by atoms with E-state index in [1.165, 1.54) is 221 Å². The first-order valence-electron chi connectivity index (χ1n) is 50.1. The Morgan fingerprint density at radius 2 is 0.600 bits per heavy atom. The van der Waals surface area contributed by atoms with Crippen molar-refractivity contribution >= 4 is 24.2 Å². The Bertz CT molecular complexity index is 2450. The number of likely N-dealkylation sites (N-methyl/N-ethyl adjacent to an activating group) is 3. The second kappa shape index (κ2) is 76.1. The highest BCUT2D eigenvalue weighted by Crippen LogP contribution is 2.47. The van der Waals surface area contributed by atoms with Crippen molar-refractivity contribution in [2.24, 2.45) is 5.41 Å². The molecular formula is C98H204N14O13. The van der Waals surface area contributed by atoms with Crippen LogP contribution in [-0.4, -0.2) is 439 Å². The summed E-state index contributed by atoms with van der Waals surface area (Å²) in [5.41, 5.74) is 0.776. The van der Waals surface area contributed by atoms with E-state index in [0.717, 1.165) is 136 Å². The Labute approximate surface area is 769 Å². The number of ether oxygens (including phenoxy) is 9. The molecule has 0 aromatic rings. The molecule has 0 aromatic carbocycles. The first-order chi connectivity index (χ1) is 59.2. The Morgan fingerprint density at radius 3 is 0.920 bits per heavy atom. The van der Waals surface area contributed by atoms with E-state index in [1.54, 1.807) is 35.8 Å². The molecule has 1 saturated carbocycles. The zero-order valence-corrected chi connectivity index (χ0v) is 86.7. The fourth-order valence-corrected chi connectivity index (χ4v) is 15.1. The van der Waals surface area contributed by atoms with Crippen LogP contribution in [0.25, 0.3) is 0 Å². The summed E-state index contributed by atoms with van der Waals surface area (Å²) < 4.78 is 47.8. The highest BCUT2D eigenvalue weighted by atomic mass is 16.6. The summed E-state index contributed by atoms with van der Waals surface area (Å²) in [6.07, 6.45) is 24.9. The number of piperazine rings is 3. The van der Waals surface area contributed by atoms with Gasteiger partial charge in [-0.2, -0.15) is 0 Å². The largest absolute Gasteiger partial charge is 0.463 e. The maximum atomic E-state index is 11.5. The number of rotatable bonds is 41. The van der Waals surface area contributed by atoms with Crippen LogP contribution in [0.15, 0.2) is 0 Å². The highest BCUT2D eigenvalue weighted by Gasteiger charge is 2.46. The van der Waals surface area contributed by atoms with Crippen molar-refractivity contribution in [2.45, 2.75) is 328 Å². The second-order valence-corrected chi connectivity index (χ2v) is 39.1. The monoisotopic (exact) mass is 1790 g/mol. The zero-order valence-electron chi connectivity index (χ0n) is 86.7. The van der Waals surface area contributed by atoms with Gasteiger partial charge in [0, 0.05) is 204 Å². The van der Waals surface area contributed by atoms with Gasteiger partial charge in [0.1, 0.15) is 0 Å². The minimum absolute atomic E-state index is 0.0103. The van der Waals surface area contributed by atoms with E-state index >= 15 is 0 Å². The Morgan fingerprint density at radius 1 is 0.296 bits per heavy atom. The van der Waals surface area contributed by atoms with Crippen LogP contribution in [0.5, 0.6) is 0 Å². The summed E-state index contributed by atoms with van der Waals surface area (Å²) in [6.45, 7) is 82.5. The molecule has 0 radical (unpaired) electrons. The van der Waals surface area contributed by atoms with Crippen LogP contribution >= 0.6 is 0 Å². The third-order valence-corrected chi connectivity index (χ3v) is 22.7. The van der Waals surface area contributed by atoms with Crippen LogP contribution in [-0.2, 0) is 47.4 Å². The fourth-order valence-electron chi connectivity index (χ4n) is 15.1. The van der Waals surface area contributed by atoms with Crippen LogP contribution in [0.2, 0.25) is 0 Å². The van der Waals surface area contributed by atoms with E-state index in [4.69, 9.17) is 42.6 Å². The smallest absolute Gasteiger partial charge is 0.409 e. The molecule has 1 aliphatic carbocycles. The summed E-state index contributed by atoms with van der Waals surface area (Å²) in [6, 6.07) is 0.700. The molecule has 27 heteroatoms. The van der Waals surface area contributed by atoms with Crippen LogP contribution in [0, 0.1) is 5.41 Å². The number of piperidine rings is 3. The molecule has 8 rings (SSSR count). The molecular weight excluding hydrogens is 1580 g/mol. The fraction of sp³-hybridized carbons (Fsp3) is 0.959. The predicted octanol–water partition coefficient (Wildman–Crippen LogP) is 15.2. The van der Waals surface area contributed by atoms with Crippen molar-refractivity contribution in [2.75, 3.05) is 285 Å². The summed E-state index contributed by atoms with van der Waals surface area (Å²) in [5.74, 6) is -0.0656. The summed E-state index contributed by atoms with van der Waals surface area (Å²) in [5, 5.41) is 0. The van der Waals surface area contributed by atoms with Crippen molar-refractivity contribution in [3.63, 3.8) is 0 Å². The Balaban J connectivity index is 0.00000139. The van der Waals surface area contributed by atoms with E-state index in [9.17, 15) is 19.2 Å². The highest BCUT2D eigenvalue weighted by molar-refractivity contribution is 5.69. The third kappa shape index (κ3) is 71.9. The van der Waals surface area contributed by atoms with Gasteiger partial charge in [0.2, 0.25) is 0 Å². The van der Waals surface area contributed by atoms with Crippen LogP contribution in [0.3, 0.4) is 0 Å². The number of nitrogens with zero attached hydrogens (tertiary/aromatic N) is 14. The molecule has 3 amide bonds. The van der Waals surface area contributed by atoms with E-state index in [1.807, 2.05) is 76.4 Å². The van der Waals surface area contributed by atoms with Crippen molar-refractivity contribution in [3.8, 4) is 0 Å². The van der Waals surface area contributed by atoms with Crippen LogP contribution in [0.4, 0.5) is 14.4 Å². The lowest BCUT2D eigenvalue weighted by Crippen LogP contribution is -2.60. The van der Waals surface area contributed by atoms with Gasteiger partial charge in [-0.1, -0.05) is 32.6 Å². The molecule has 0 atom stereocenters. The quantitative estimate of drug-likeness (QED) is 0.0318. The number of esters is 1. The molecule has 7 heterocycles. The summed E-state index contributed by atoms with van der Waals surface area (Å²) >= 11 is 0. The van der Waals surface area contributed by atoms with E-state index < -0.39 is 0 Å². The number of amides is 3. The molecule has 7 aliphatic heterocycles. The molecule has 744 valence electrons. The minimum Gasteiger partial charge on any atom is -0.463 e.